The Hall–Kier alpha value is -2.51. The van der Waals surface area contributed by atoms with Gasteiger partial charge in [0.25, 0.3) is 0 Å². The Labute approximate surface area is 186 Å². The lowest BCUT2D eigenvalue weighted by Crippen LogP contribution is -2.27. The zero-order valence-electron chi connectivity index (χ0n) is 15.8. The Kier molecular flexibility index (Phi) is 5.16. The summed E-state index contributed by atoms with van der Waals surface area (Å²) in [4.78, 5) is 8.72. The molecule has 3 atom stereocenters. The van der Waals surface area contributed by atoms with Crippen molar-refractivity contribution in [1.82, 2.24) is 19.6 Å². The monoisotopic (exact) mass is 485 g/mol. The number of hydrogen-bond donors (Lipinski definition) is 1. The van der Waals surface area contributed by atoms with Gasteiger partial charge in [0.2, 0.25) is 5.95 Å². The highest BCUT2D eigenvalue weighted by Gasteiger charge is 2.39. The molecule has 1 aliphatic rings. The highest BCUT2D eigenvalue weighted by Crippen LogP contribution is 2.45. The molecule has 1 N–H and O–H groups in total. The second-order valence-electron chi connectivity index (χ2n) is 7.40. The van der Waals surface area contributed by atoms with Gasteiger partial charge in [-0.15, -0.1) is 0 Å². The Balaban J connectivity index is 1.56. The number of halogens is 3. The Bertz CT molecular complexity index is 1180. The van der Waals surface area contributed by atoms with Crippen LogP contribution in [0.5, 0.6) is 0 Å². The van der Waals surface area contributed by atoms with E-state index in [1.165, 1.54) is 12.1 Å². The summed E-state index contributed by atoms with van der Waals surface area (Å²) in [7, 11) is 0. The van der Waals surface area contributed by atoms with Crippen molar-refractivity contribution in [2.75, 3.05) is 5.32 Å². The van der Waals surface area contributed by atoms with E-state index in [0.717, 1.165) is 35.2 Å². The number of rotatable bonds is 4. The molecule has 1 saturated carbocycles. The number of anilines is 1. The predicted octanol–water partition coefficient (Wildman–Crippen LogP) is 5.71. The van der Waals surface area contributed by atoms with Gasteiger partial charge in [-0.25, -0.2) is 18.9 Å². The number of aromatic nitrogens is 4. The average Bonchev–Trinajstić information content (AvgIpc) is 3.29. The van der Waals surface area contributed by atoms with Crippen molar-refractivity contribution >= 4 is 39.0 Å². The van der Waals surface area contributed by atoms with Crippen molar-refractivity contribution in [3.63, 3.8) is 0 Å². The molecule has 0 amide bonds. The largest absolute Gasteiger partial charge is 0.350 e. The molecule has 1 aromatic carbocycles. The molecule has 3 aromatic heterocycles. The second kappa shape index (κ2) is 7.96. The van der Waals surface area contributed by atoms with Crippen LogP contribution in [0.25, 0.3) is 16.8 Å². The van der Waals surface area contributed by atoms with Crippen LogP contribution in [0.1, 0.15) is 24.3 Å². The SMILES string of the molecule is Fc1ccc(-c2nn3ccc(Cl)cc3c2C2CCC(Nc3ncccn3)C2Br)cc1. The maximum atomic E-state index is 13.5. The third-order valence-electron chi connectivity index (χ3n) is 5.56. The van der Waals surface area contributed by atoms with E-state index in [0.29, 0.717) is 11.0 Å². The molecule has 30 heavy (non-hydrogen) atoms. The van der Waals surface area contributed by atoms with E-state index < -0.39 is 0 Å². The van der Waals surface area contributed by atoms with Crippen LogP contribution < -0.4 is 5.32 Å². The van der Waals surface area contributed by atoms with Crippen molar-refractivity contribution < 1.29 is 4.39 Å². The van der Waals surface area contributed by atoms with E-state index in [1.807, 2.05) is 22.8 Å². The molecule has 152 valence electrons. The number of nitrogens with zero attached hydrogens (tertiary/aromatic N) is 4. The third-order valence-corrected chi connectivity index (χ3v) is 7.07. The summed E-state index contributed by atoms with van der Waals surface area (Å²) in [5.41, 5.74) is 3.81. The number of benzene rings is 1. The van der Waals surface area contributed by atoms with Crippen LogP contribution in [0, 0.1) is 5.82 Å². The minimum atomic E-state index is -0.265. The molecular weight excluding hydrogens is 469 g/mol. The minimum Gasteiger partial charge on any atom is -0.350 e. The molecule has 3 heterocycles. The van der Waals surface area contributed by atoms with Crippen LogP contribution in [-0.4, -0.2) is 30.5 Å². The average molecular weight is 487 g/mol. The number of pyridine rings is 1. The molecule has 0 saturated heterocycles. The molecule has 0 spiro atoms. The van der Waals surface area contributed by atoms with Crippen LogP contribution in [0.4, 0.5) is 10.3 Å². The molecule has 4 aromatic rings. The fourth-order valence-corrected chi connectivity index (χ4v) is 5.26. The number of nitrogens with one attached hydrogen (secondary N) is 1. The summed E-state index contributed by atoms with van der Waals surface area (Å²) in [5, 5.41) is 8.91. The molecular formula is C22H18BrClFN5. The zero-order chi connectivity index (χ0) is 20.7. The molecule has 3 unspecified atom stereocenters. The van der Waals surface area contributed by atoms with Crippen LogP contribution >= 0.6 is 27.5 Å². The van der Waals surface area contributed by atoms with Gasteiger partial charge in [-0.2, -0.15) is 5.10 Å². The quantitative estimate of drug-likeness (QED) is 0.376. The van der Waals surface area contributed by atoms with Gasteiger partial charge in [0.15, 0.2) is 0 Å². The number of fused-ring (bicyclic) bond motifs is 1. The van der Waals surface area contributed by atoms with Crippen LogP contribution in [-0.2, 0) is 0 Å². The maximum absolute atomic E-state index is 13.5. The van der Waals surface area contributed by atoms with Gasteiger partial charge in [-0.3, -0.25) is 0 Å². The lowest BCUT2D eigenvalue weighted by Gasteiger charge is -2.21. The standard InChI is InChI=1S/C22H18BrClFN5/c23-20-16(6-7-17(20)28-22-26-9-1-10-27-22)19-18-12-14(24)8-11-30(18)29-21(19)13-2-4-15(25)5-3-13/h1-5,8-12,16-17,20H,6-7H2,(H,26,27,28). The van der Waals surface area contributed by atoms with Gasteiger partial charge in [0.1, 0.15) is 5.82 Å². The maximum Gasteiger partial charge on any atom is 0.222 e. The Morgan fingerprint density at radius 3 is 2.63 bits per heavy atom. The predicted molar refractivity (Wildman–Crippen MR) is 120 cm³/mol. The fourth-order valence-electron chi connectivity index (χ4n) is 4.18. The van der Waals surface area contributed by atoms with E-state index in [4.69, 9.17) is 16.7 Å². The van der Waals surface area contributed by atoms with Gasteiger partial charge < -0.3 is 5.32 Å². The molecule has 0 bridgehead atoms. The molecule has 5 nitrogen and oxygen atoms in total. The fraction of sp³-hybridized carbons (Fsp3) is 0.227. The van der Waals surface area contributed by atoms with E-state index in [2.05, 4.69) is 31.2 Å². The first-order valence-corrected chi connectivity index (χ1v) is 11.0. The first-order chi connectivity index (χ1) is 14.6. The summed E-state index contributed by atoms with van der Waals surface area (Å²) in [6, 6.07) is 12.2. The van der Waals surface area contributed by atoms with Crippen LogP contribution in [0.15, 0.2) is 61.1 Å². The van der Waals surface area contributed by atoms with E-state index in [1.54, 1.807) is 30.6 Å². The summed E-state index contributed by atoms with van der Waals surface area (Å²) in [5.74, 6) is 0.551. The molecule has 1 aliphatic carbocycles. The van der Waals surface area contributed by atoms with Gasteiger partial charge in [0.05, 0.1) is 11.2 Å². The lowest BCUT2D eigenvalue weighted by molar-refractivity contribution is 0.628. The van der Waals surface area contributed by atoms with Gasteiger partial charge in [0, 0.05) is 51.5 Å². The summed E-state index contributed by atoms with van der Waals surface area (Å²) in [6.07, 6.45) is 7.23. The summed E-state index contributed by atoms with van der Waals surface area (Å²) >= 11 is 10.2. The van der Waals surface area contributed by atoms with E-state index >= 15 is 0 Å². The molecule has 5 rings (SSSR count). The Morgan fingerprint density at radius 1 is 1.10 bits per heavy atom. The zero-order valence-corrected chi connectivity index (χ0v) is 18.2. The normalized spacial score (nSPS) is 21.2. The van der Waals surface area contributed by atoms with Crippen molar-refractivity contribution in [2.45, 2.75) is 29.6 Å². The minimum absolute atomic E-state index is 0.146. The highest BCUT2D eigenvalue weighted by atomic mass is 79.9. The molecule has 0 radical (unpaired) electrons. The second-order valence-corrected chi connectivity index (χ2v) is 8.89. The first kappa shape index (κ1) is 19.5. The summed E-state index contributed by atoms with van der Waals surface area (Å²) < 4.78 is 15.4. The van der Waals surface area contributed by atoms with Gasteiger partial charge in [-0.1, -0.05) is 27.5 Å². The van der Waals surface area contributed by atoms with Crippen molar-refractivity contribution in [1.29, 1.82) is 0 Å². The lowest BCUT2D eigenvalue weighted by atomic mass is 9.93. The van der Waals surface area contributed by atoms with Crippen molar-refractivity contribution in [3.8, 4) is 11.3 Å². The topological polar surface area (TPSA) is 55.1 Å². The highest BCUT2D eigenvalue weighted by molar-refractivity contribution is 9.09. The first-order valence-electron chi connectivity index (χ1n) is 9.71. The van der Waals surface area contributed by atoms with E-state index in [9.17, 15) is 4.39 Å². The van der Waals surface area contributed by atoms with Crippen molar-refractivity contribution in [3.05, 3.63) is 77.5 Å². The van der Waals surface area contributed by atoms with Crippen LogP contribution in [0.2, 0.25) is 5.02 Å². The summed E-state index contributed by atoms with van der Waals surface area (Å²) in [6.45, 7) is 0. The molecule has 0 aliphatic heterocycles. The number of hydrogen-bond acceptors (Lipinski definition) is 4. The van der Waals surface area contributed by atoms with Crippen LogP contribution in [0.3, 0.4) is 0 Å². The van der Waals surface area contributed by atoms with E-state index in [-0.39, 0.29) is 22.6 Å². The number of alkyl halides is 1. The van der Waals surface area contributed by atoms with Gasteiger partial charge >= 0.3 is 0 Å². The smallest absolute Gasteiger partial charge is 0.222 e. The molecule has 8 heteroatoms. The van der Waals surface area contributed by atoms with Crippen molar-refractivity contribution in [2.24, 2.45) is 0 Å². The van der Waals surface area contributed by atoms with Gasteiger partial charge in [-0.05, 0) is 55.3 Å². The Morgan fingerprint density at radius 2 is 1.87 bits per heavy atom. The molecule has 1 fully saturated rings. The third kappa shape index (κ3) is 3.56.